The highest BCUT2D eigenvalue weighted by Crippen LogP contribution is 2.39. The number of para-hydroxylation sites is 1. The minimum atomic E-state index is -0.669. The normalized spacial score (nSPS) is 17.8. The number of fused-ring (bicyclic) bond motifs is 1. The summed E-state index contributed by atoms with van der Waals surface area (Å²) in [4.78, 5) is 23.6. The molecule has 0 fully saturated rings. The van der Waals surface area contributed by atoms with Crippen LogP contribution in [0.15, 0.2) is 48.5 Å². The van der Waals surface area contributed by atoms with Gasteiger partial charge in [-0.3, -0.25) is 4.79 Å². The zero-order valence-electron chi connectivity index (χ0n) is 14.2. The van der Waals surface area contributed by atoms with Crippen LogP contribution in [0.5, 0.6) is 5.75 Å². The largest absolute Gasteiger partial charge is 0.487 e. The molecule has 6 nitrogen and oxygen atoms in total. The molecular formula is C19H21N3O3. The Labute approximate surface area is 146 Å². The summed E-state index contributed by atoms with van der Waals surface area (Å²) < 4.78 is 5.99. The van der Waals surface area contributed by atoms with Crippen LogP contribution in [0.25, 0.3) is 0 Å². The SMILES string of the molecule is CC1(C)CC(NC(=O)c2cccc(NC(N)=O)c2)c2ccccc2O1. The lowest BCUT2D eigenvalue weighted by Crippen LogP contribution is -2.41. The molecule has 2 aromatic rings. The van der Waals surface area contributed by atoms with Crippen LogP contribution in [0.4, 0.5) is 10.5 Å². The first-order valence-electron chi connectivity index (χ1n) is 8.09. The van der Waals surface area contributed by atoms with E-state index in [0.717, 1.165) is 11.3 Å². The van der Waals surface area contributed by atoms with Crippen molar-refractivity contribution in [2.75, 3.05) is 5.32 Å². The molecule has 25 heavy (non-hydrogen) atoms. The number of ether oxygens (including phenoxy) is 1. The van der Waals surface area contributed by atoms with Gasteiger partial charge in [0.2, 0.25) is 0 Å². The molecule has 1 atom stereocenters. The summed E-state index contributed by atoms with van der Waals surface area (Å²) in [6, 6.07) is 13.5. The van der Waals surface area contributed by atoms with E-state index in [2.05, 4.69) is 10.6 Å². The van der Waals surface area contributed by atoms with Crippen molar-refractivity contribution in [3.63, 3.8) is 0 Å². The molecule has 0 aliphatic carbocycles. The van der Waals surface area contributed by atoms with E-state index in [9.17, 15) is 9.59 Å². The second-order valence-corrected chi connectivity index (χ2v) is 6.70. The molecule has 0 aromatic heterocycles. The summed E-state index contributed by atoms with van der Waals surface area (Å²) in [6.07, 6.45) is 0.662. The molecule has 3 amide bonds. The molecule has 6 heteroatoms. The fourth-order valence-corrected chi connectivity index (χ4v) is 3.05. The molecule has 1 aliphatic rings. The minimum absolute atomic E-state index is 0.153. The van der Waals surface area contributed by atoms with Crippen LogP contribution in [0.3, 0.4) is 0 Å². The molecular weight excluding hydrogens is 318 g/mol. The Balaban J connectivity index is 1.82. The van der Waals surface area contributed by atoms with Gasteiger partial charge in [0, 0.05) is 23.2 Å². The molecule has 0 saturated carbocycles. The van der Waals surface area contributed by atoms with Crippen molar-refractivity contribution in [1.82, 2.24) is 5.32 Å². The van der Waals surface area contributed by atoms with Crippen LogP contribution in [0.2, 0.25) is 0 Å². The topological polar surface area (TPSA) is 93.5 Å². The van der Waals surface area contributed by atoms with Crippen LogP contribution in [-0.4, -0.2) is 17.5 Å². The number of urea groups is 1. The molecule has 0 bridgehead atoms. The Morgan fingerprint density at radius 3 is 2.68 bits per heavy atom. The Hall–Kier alpha value is -3.02. The Bertz CT molecular complexity index is 817. The standard InChI is InChI=1S/C19H21N3O3/c1-19(2)11-15(14-8-3-4-9-16(14)25-19)22-17(23)12-6-5-7-13(10-12)21-18(20)24/h3-10,15H,11H2,1-2H3,(H,22,23)(H3,20,21,24). The predicted octanol–water partition coefficient (Wildman–Crippen LogP) is 3.21. The molecule has 1 aliphatic heterocycles. The van der Waals surface area contributed by atoms with Gasteiger partial charge < -0.3 is 21.1 Å². The van der Waals surface area contributed by atoms with Gasteiger partial charge >= 0.3 is 6.03 Å². The van der Waals surface area contributed by atoms with E-state index in [4.69, 9.17) is 10.5 Å². The van der Waals surface area contributed by atoms with Gasteiger partial charge in [-0.2, -0.15) is 0 Å². The quantitative estimate of drug-likeness (QED) is 0.801. The fourth-order valence-electron chi connectivity index (χ4n) is 3.05. The second kappa shape index (κ2) is 6.47. The Morgan fingerprint density at radius 1 is 1.16 bits per heavy atom. The van der Waals surface area contributed by atoms with Crippen LogP contribution < -0.4 is 21.1 Å². The number of primary amides is 1. The number of hydrogen-bond acceptors (Lipinski definition) is 3. The maximum absolute atomic E-state index is 12.7. The van der Waals surface area contributed by atoms with E-state index in [1.165, 1.54) is 0 Å². The maximum Gasteiger partial charge on any atom is 0.316 e. The van der Waals surface area contributed by atoms with Crippen LogP contribution in [-0.2, 0) is 0 Å². The van der Waals surface area contributed by atoms with Gasteiger partial charge in [-0.25, -0.2) is 4.79 Å². The van der Waals surface area contributed by atoms with Crippen molar-refractivity contribution in [2.45, 2.75) is 31.9 Å². The van der Waals surface area contributed by atoms with Crippen LogP contribution in [0, 0.1) is 0 Å². The lowest BCUT2D eigenvalue weighted by molar-refractivity contribution is 0.0619. The molecule has 3 rings (SSSR count). The third-order valence-electron chi connectivity index (χ3n) is 4.07. The summed E-state index contributed by atoms with van der Waals surface area (Å²) in [7, 11) is 0. The number of hydrogen-bond donors (Lipinski definition) is 3. The highest BCUT2D eigenvalue weighted by atomic mass is 16.5. The molecule has 130 valence electrons. The lowest BCUT2D eigenvalue weighted by atomic mass is 9.89. The highest BCUT2D eigenvalue weighted by molar-refractivity contribution is 5.96. The third-order valence-corrected chi connectivity index (χ3v) is 4.07. The highest BCUT2D eigenvalue weighted by Gasteiger charge is 2.34. The van der Waals surface area contributed by atoms with Crippen LogP contribution >= 0.6 is 0 Å². The molecule has 0 radical (unpaired) electrons. The number of nitrogens with one attached hydrogen (secondary N) is 2. The Morgan fingerprint density at radius 2 is 1.92 bits per heavy atom. The van der Waals surface area contributed by atoms with Gasteiger partial charge in [-0.05, 0) is 38.1 Å². The van der Waals surface area contributed by atoms with Gasteiger partial charge in [0.15, 0.2) is 0 Å². The molecule has 0 saturated heterocycles. The first kappa shape index (κ1) is 16.8. The third kappa shape index (κ3) is 3.91. The molecule has 4 N–H and O–H groups in total. The first-order chi connectivity index (χ1) is 11.8. The van der Waals surface area contributed by atoms with Crippen molar-refractivity contribution in [1.29, 1.82) is 0 Å². The zero-order chi connectivity index (χ0) is 18.0. The smallest absolute Gasteiger partial charge is 0.316 e. The summed E-state index contributed by atoms with van der Waals surface area (Å²) in [5, 5.41) is 5.54. The number of anilines is 1. The summed E-state index contributed by atoms with van der Waals surface area (Å²) in [5.74, 6) is 0.568. The van der Waals surface area contributed by atoms with E-state index in [1.807, 2.05) is 38.1 Å². The lowest BCUT2D eigenvalue weighted by Gasteiger charge is -2.37. The number of amides is 3. The van der Waals surface area contributed by atoms with Crippen LogP contribution in [0.1, 0.15) is 42.2 Å². The van der Waals surface area contributed by atoms with Crippen molar-refractivity contribution in [2.24, 2.45) is 5.73 Å². The summed E-state index contributed by atoms with van der Waals surface area (Å²) in [5.41, 5.74) is 6.64. The van der Waals surface area contributed by atoms with Crippen molar-refractivity contribution < 1.29 is 14.3 Å². The number of rotatable bonds is 3. The monoisotopic (exact) mass is 339 g/mol. The number of carbonyl (C=O) groups excluding carboxylic acids is 2. The summed E-state index contributed by atoms with van der Waals surface area (Å²) in [6.45, 7) is 4.00. The zero-order valence-corrected chi connectivity index (χ0v) is 14.2. The average molecular weight is 339 g/mol. The van der Waals surface area contributed by atoms with E-state index in [-0.39, 0.29) is 17.6 Å². The van der Waals surface area contributed by atoms with Gasteiger partial charge in [-0.15, -0.1) is 0 Å². The van der Waals surface area contributed by atoms with E-state index in [0.29, 0.717) is 17.7 Å². The average Bonchev–Trinajstić information content (AvgIpc) is 2.53. The number of carbonyl (C=O) groups is 2. The van der Waals surface area contributed by atoms with Gasteiger partial charge in [0.05, 0.1) is 6.04 Å². The molecule has 1 heterocycles. The first-order valence-corrected chi connectivity index (χ1v) is 8.09. The fraction of sp³-hybridized carbons (Fsp3) is 0.263. The molecule has 2 aromatic carbocycles. The predicted molar refractivity (Wildman–Crippen MR) is 95.6 cm³/mol. The maximum atomic E-state index is 12.7. The van der Waals surface area contributed by atoms with E-state index >= 15 is 0 Å². The number of benzene rings is 2. The van der Waals surface area contributed by atoms with Crippen molar-refractivity contribution in [3.8, 4) is 5.75 Å². The van der Waals surface area contributed by atoms with Gasteiger partial charge in [-0.1, -0.05) is 24.3 Å². The van der Waals surface area contributed by atoms with Gasteiger partial charge in [0.25, 0.3) is 5.91 Å². The second-order valence-electron chi connectivity index (χ2n) is 6.70. The number of nitrogens with two attached hydrogens (primary N) is 1. The Kier molecular flexibility index (Phi) is 4.35. The minimum Gasteiger partial charge on any atom is -0.487 e. The molecule has 0 spiro atoms. The van der Waals surface area contributed by atoms with E-state index < -0.39 is 6.03 Å². The van der Waals surface area contributed by atoms with Crippen molar-refractivity contribution >= 4 is 17.6 Å². The molecule has 1 unspecified atom stereocenters. The van der Waals surface area contributed by atoms with E-state index in [1.54, 1.807) is 24.3 Å². The van der Waals surface area contributed by atoms with Crippen molar-refractivity contribution in [3.05, 3.63) is 59.7 Å². The van der Waals surface area contributed by atoms with Gasteiger partial charge in [0.1, 0.15) is 11.4 Å². The summed E-state index contributed by atoms with van der Waals surface area (Å²) >= 11 is 0.